The number of nitrogens with one attached hydrogen (secondary N) is 1. The zero-order valence-corrected chi connectivity index (χ0v) is 18.3. The minimum absolute atomic E-state index is 0.394. The molecule has 0 radical (unpaired) electrons. The van der Waals surface area contributed by atoms with Crippen molar-refractivity contribution in [2.24, 2.45) is 5.10 Å². The fraction of sp³-hybridized carbons (Fsp3) is 0.167. The summed E-state index contributed by atoms with van der Waals surface area (Å²) in [7, 11) is 0. The van der Waals surface area contributed by atoms with Crippen LogP contribution in [0.15, 0.2) is 77.9 Å². The summed E-state index contributed by atoms with van der Waals surface area (Å²) >= 11 is 0. The van der Waals surface area contributed by atoms with Crippen LogP contribution in [0.5, 0.6) is 23.0 Å². The van der Waals surface area contributed by atoms with Crippen molar-refractivity contribution >= 4 is 12.1 Å². The molecule has 1 N–H and O–H groups in total. The fourth-order valence-corrected chi connectivity index (χ4v) is 2.70. The number of nitrogens with zero attached hydrogens (tertiary/aromatic N) is 1. The van der Waals surface area contributed by atoms with E-state index in [4.69, 9.17) is 4.74 Å². The highest BCUT2D eigenvalue weighted by Crippen LogP contribution is 2.28. The lowest BCUT2D eigenvalue weighted by Crippen LogP contribution is -2.23. The van der Waals surface area contributed by atoms with E-state index in [1.807, 2.05) is 18.2 Å². The molecular formula is C24H18F6N2O4. The molecule has 12 heteroatoms. The lowest BCUT2D eigenvalue weighted by atomic mass is 10.2. The number of hydrazone groups is 1. The maximum absolute atomic E-state index is 12.5. The third-order valence-electron chi connectivity index (χ3n) is 4.23. The molecule has 0 heterocycles. The Morgan fingerprint density at radius 1 is 0.778 bits per heavy atom. The number of carbonyl (C=O) groups is 1. The first kappa shape index (κ1) is 26.4. The van der Waals surface area contributed by atoms with E-state index in [-0.39, 0.29) is 0 Å². The van der Waals surface area contributed by atoms with E-state index in [0.29, 0.717) is 17.1 Å². The molecule has 190 valence electrons. The zero-order chi connectivity index (χ0) is 26.2. The van der Waals surface area contributed by atoms with Crippen molar-refractivity contribution in [3.05, 3.63) is 83.9 Å². The Hall–Kier alpha value is -4.22. The van der Waals surface area contributed by atoms with Crippen molar-refractivity contribution in [3.8, 4) is 23.0 Å². The minimum atomic E-state index is -4.70. The van der Waals surface area contributed by atoms with Gasteiger partial charge in [-0.05, 0) is 60.2 Å². The van der Waals surface area contributed by atoms with Crippen LogP contribution in [-0.4, -0.2) is 37.7 Å². The van der Waals surface area contributed by atoms with E-state index in [2.05, 4.69) is 20.0 Å². The second-order valence-electron chi connectivity index (χ2n) is 7.15. The van der Waals surface area contributed by atoms with Crippen molar-refractivity contribution in [3.63, 3.8) is 0 Å². The molecular weight excluding hydrogens is 494 g/mol. The zero-order valence-electron chi connectivity index (χ0n) is 18.3. The largest absolute Gasteiger partial charge is 0.484 e. The number of para-hydroxylation sites is 1. The molecule has 0 aliphatic rings. The average molecular weight is 512 g/mol. The Labute approximate surface area is 201 Å². The van der Waals surface area contributed by atoms with E-state index in [1.165, 1.54) is 6.21 Å². The lowest BCUT2D eigenvalue weighted by molar-refractivity contribution is -0.154. The van der Waals surface area contributed by atoms with Crippen molar-refractivity contribution in [2.75, 3.05) is 13.2 Å². The minimum Gasteiger partial charge on any atom is -0.484 e. The van der Waals surface area contributed by atoms with E-state index in [1.54, 1.807) is 36.4 Å². The third-order valence-corrected chi connectivity index (χ3v) is 4.23. The Balaban J connectivity index is 1.68. The van der Waals surface area contributed by atoms with Gasteiger partial charge in [0.1, 0.15) is 23.0 Å². The summed E-state index contributed by atoms with van der Waals surface area (Å²) in [5, 5.41) is 3.73. The maximum Gasteiger partial charge on any atom is 0.422 e. The number of ether oxygens (including phenoxy) is 3. The molecule has 0 saturated heterocycles. The molecule has 0 fully saturated rings. The molecule has 0 spiro atoms. The van der Waals surface area contributed by atoms with Gasteiger partial charge in [-0.3, -0.25) is 4.79 Å². The number of carbonyl (C=O) groups excluding carboxylic acids is 1. The molecule has 0 aliphatic heterocycles. The molecule has 0 unspecified atom stereocenters. The quantitative estimate of drug-likeness (QED) is 0.213. The summed E-state index contributed by atoms with van der Waals surface area (Å²) in [5.41, 5.74) is 2.15. The fourth-order valence-electron chi connectivity index (χ4n) is 2.70. The summed E-state index contributed by atoms with van der Waals surface area (Å²) in [4.78, 5) is 12.5. The first-order valence-corrected chi connectivity index (χ1v) is 10.2. The van der Waals surface area contributed by atoms with E-state index < -0.39 is 48.5 Å². The summed E-state index contributed by atoms with van der Waals surface area (Å²) in [6.07, 6.45) is -8.10. The van der Waals surface area contributed by atoms with E-state index in [0.717, 1.165) is 18.2 Å². The smallest absolute Gasteiger partial charge is 0.422 e. The molecule has 36 heavy (non-hydrogen) atoms. The standard InChI is InChI=1S/C24H18F6N2O4/c25-23(26,27)14-34-19-10-11-21(35-15-24(28,29)30)20(12-19)22(33)32-31-13-16-6-8-18(9-7-16)36-17-4-2-1-3-5-17/h1-13H,14-15H2,(H,32,33). The van der Waals surface area contributed by atoms with Crippen LogP contribution in [0, 0.1) is 0 Å². The van der Waals surface area contributed by atoms with E-state index in [9.17, 15) is 31.1 Å². The Morgan fingerprint density at radius 3 is 2.00 bits per heavy atom. The Kier molecular flexibility index (Phi) is 8.41. The summed E-state index contributed by atoms with van der Waals surface area (Å²) in [5.74, 6) is -0.748. The molecule has 6 nitrogen and oxygen atoms in total. The number of halogens is 6. The average Bonchev–Trinajstić information content (AvgIpc) is 2.82. The molecule has 1 amide bonds. The van der Waals surface area contributed by atoms with Gasteiger partial charge in [-0.25, -0.2) is 5.43 Å². The van der Waals surface area contributed by atoms with Gasteiger partial charge in [-0.1, -0.05) is 18.2 Å². The second kappa shape index (κ2) is 11.5. The van der Waals surface area contributed by atoms with Crippen LogP contribution < -0.4 is 19.6 Å². The number of benzene rings is 3. The van der Waals surface area contributed by atoms with Crippen LogP contribution in [0.25, 0.3) is 0 Å². The monoisotopic (exact) mass is 512 g/mol. The van der Waals surface area contributed by atoms with Gasteiger partial charge >= 0.3 is 12.4 Å². The Bertz CT molecular complexity index is 1180. The van der Waals surface area contributed by atoms with Crippen molar-refractivity contribution in [2.45, 2.75) is 12.4 Å². The highest BCUT2D eigenvalue weighted by atomic mass is 19.4. The molecule has 3 aromatic carbocycles. The van der Waals surface area contributed by atoms with Gasteiger partial charge in [-0.2, -0.15) is 31.4 Å². The van der Waals surface area contributed by atoms with Crippen LogP contribution in [0.3, 0.4) is 0 Å². The molecule has 0 saturated carbocycles. The molecule has 0 aliphatic carbocycles. The van der Waals surface area contributed by atoms with Crippen LogP contribution in [0.1, 0.15) is 15.9 Å². The number of hydrogen-bond acceptors (Lipinski definition) is 5. The maximum atomic E-state index is 12.5. The van der Waals surface area contributed by atoms with Gasteiger partial charge in [0, 0.05) is 0 Å². The molecule has 0 atom stereocenters. The summed E-state index contributed by atoms with van der Waals surface area (Å²) < 4.78 is 89.7. The first-order chi connectivity index (χ1) is 17.0. The van der Waals surface area contributed by atoms with Crippen molar-refractivity contribution < 1.29 is 45.3 Å². The molecule has 0 bridgehead atoms. The van der Waals surface area contributed by atoms with Crippen molar-refractivity contribution in [1.82, 2.24) is 5.43 Å². The van der Waals surface area contributed by atoms with Crippen LogP contribution in [-0.2, 0) is 0 Å². The molecule has 3 aromatic rings. The highest BCUT2D eigenvalue weighted by molar-refractivity contribution is 5.97. The summed E-state index contributed by atoms with van der Waals surface area (Å²) in [6, 6.07) is 18.3. The van der Waals surface area contributed by atoms with Crippen LogP contribution in [0.4, 0.5) is 26.3 Å². The molecule has 3 rings (SSSR count). The predicted octanol–water partition coefficient (Wildman–Crippen LogP) is 6.13. The normalized spacial score (nSPS) is 11.8. The Morgan fingerprint density at radius 2 is 1.36 bits per heavy atom. The predicted molar refractivity (Wildman–Crippen MR) is 118 cm³/mol. The lowest BCUT2D eigenvalue weighted by Gasteiger charge is -2.14. The van der Waals surface area contributed by atoms with Gasteiger partial charge in [-0.15, -0.1) is 0 Å². The number of hydrogen-bond donors (Lipinski definition) is 1. The SMILES string of the molecule is O=C(NN=Cc1ccc(Oc2ccccc2)cc1)c1cc(OCC(F)(F)F)ccc1OCC(F)(F)F. The van der Waals surface area contributed by atoms with Gasteiger partial charge in [0.2, 0.25) is 0 Å². The molecule has 0 aromatic heterocycles. The van der Waals surface area contributed by atoms with Crippen LogP contribution in [0.2, 0.25) is 0 Å². The summed E-state index contributed by atoms with van der Waals surface area (Å²) in [6.45, 7) is -3.37. The second-order valence-corrected chi connectivity index (χ2v) is 7.15. The van der Waals surface area contributed by atoms with Gasteiger partial charge < -0.3 is 14.2 Å². The number of amides is 1. The van der Waals surface area contributed by atoms with Gasteiger partial charge in [0.25, 0.3) is 5.91 Å². The highest BCUT2D eigenvalue weighted by Gasteiger charge is 2.30. The number of alkyl halides is 6. The van der Waals surface area contributed by atoms with Gasteiger partial charge in [0.05, 0.1) is 11.8 Å². The van der Waals surface area contributed by atoms with Gasteiger partial charge in [0.15, 0.2) is 13.2 Å². The van der Waals surface area contributed by atoms with Crippen LogP contribution >= 0.6 is 0 Å². The first-order valence-electron chi connectivity index (χ1n) is 10.2. The van der Waals surface area contributed by atoms with E-state index >= 15 is 0 Å². The van der Waals surface area contributed by atoms with Crippen molar-refractivity contribution in [1.29, 1.82) is 0 Å². The number of rotatable bonds is 9. The topological polar surface area (TPSA) is 69.2 Å². The third kappa shape index (κ3) is 8.85.